The second-order valence-corrected chi connectivity index (χ2v) is 5.60. The largest absolute Gasteiger partial charge is 0.389 e. The molecular formula is C14H19FN2S. The third-order valence-electron chi connectivity index (χ3n) is 3.57. The molecule has 0 spiro atoms. The standard InChI is InChI=1S/C14H19FN2S/c1-17(8-10-3-2-4-10)9-12-6-5-11(14(16)18)7-13(12)15/h5-7,10H,2-4,8-9H2,1H3,(H2,16,18). The Kier molecular flexibility index (Phi) is 4.30. The van der Waals surface area contributed by atoms with Gasteiger partial charge >= 0.3 is 0 Å². The van der Waals surface area contributed by atoms with E-state index in [4.69, 9.17) is 18.0 Å². The quantitative estimate of drug-likeness (QED) is 0.831. The summed E-state index contributed by atoms with van der Waals surface area (Å²) >= 11 is 4.83. The first-order valence-electron chi connectivity index (χ1n) is 6.33. The third-order valence-corrected chi connectivity index (χ3v) is 3.81. The zero-order valence-corrected chi connectivity index (χ0v) is 11.5. The van der Waals surface area contributed by atoms with Crippen LogP contribution in [0.5, 0.6) is 0 Å². The summed E-state index contributed by atoms with van der Waals surface area (Å²) in [6.07, 6.45) is 3.97. The minimum Gasteiger partial charge on any atom is -0.389 e. The van der Waals surface area contributed by atoms with Crippen LogP contribution >= 0.6 is 12.2 Å². The highest BCUT2D eigenvalue weighted by Gasteiger charge is 2.19. The molecule has 0 aliphatic heterocycles. The zero-order chi connectivity index (χ0) is 13.1. The van der Waals surface area contributed by atoms with Crippen LogP contribution in [-0.4, -0.2) is 23.5 Å². The highest BCUT2D eigenvalue weighted by atomic mass is 32.1. The predicted molar refractivity (Wildman–Crippen MR) is 76.0 cm³/mol. The monoisotopic (exact) mass is 266 g/mol. The Morgan fingerprint density at radius 1 is 1.50 bits per heavy atom. The SMILES string of the molecule is CN(Cc1ccc(C(N)=S)cc1F)CC1CCC1. The van der Waals surface area contributed by atoms with E-state index in [0.717, 1.165) is 12.5 Å². The van der Waals surface area contributed by atoms with E-state index >= 15 is 0 Å². The number of hydrogen-bond donors (Lipinski definition) is 1. The average Bonchev–Trinajstić information content (AvgIpc) is 2.26. The molecule has 98 valence electrons. The van der Waals surface area contributed by atoms with Crippen molar-refractivity contribution in [3.63, 3.8) is 0 Å². The van der Waals surface area contributed by atoms with Crippen LogP contribution in [0.2, 0.25) is 0 Å². The lowest BCUT2D eigenvalue weighted by Gasteiger charge is -2.30. The molecule has 1 aromatic carbocycles. The topological polar surface area (TPSA) is 29.3 Å². The van der Waals surface area contributed by atoms with Gasteiger partial charge in [0, 0.05) is 24.2 Å². The number of rotatable bonds is 5. The summed E-state index contributed by atoms with van der Waals surface area (Å²) in [6, 6.07) is 4.99. The molecule has 0 bridgehead atoms. The van der Waals surface area contributed by atoms with E-state index in [0.29, 0.717) is 17.7 Å². The molecule has 0 saturated heterocycles. The molecule has 18 heavy (non-hydrogen) atoms. The van der Waals surface area contributed by atoms with E-state index in [2.05, 4.69) is 4.90 Å². The van der Waals surface area contributed by atoms with Crippen molar-refractivity contribution < 1.29 is 4.39 Å². The highest BCUT2D eigenvalue weighted by Crippen LogP contribution is 2.27. The van der Waals surface area contributed by atoms with Crippen molar-refractivity contribution in [2.24, 2.45) is 11.7 Å². The average molecular weight is 266 g/mol. The molecule has 2 N–H and O–H groups in total. The maximum Gasteiger partial charge on any atom is 0.128 e. The molecule has 0 heterocycles. The van der Waals surface area contributed by atoms with Crippen LogP contribution in [0, 0.1) is 11.7 Å². The molecule has 0 amide bonds. The molecule has 2 rings (SSSR count). The normalized spacial score (nSPS) is 15.7. The Labute approximate surface area is 113 Å². The van der Waals surface area contributed by atoms with Crippen LogP contribution < -0.4 is 5.73 Å². The van der Waals surface area contributed by atoms with Gasteiger partial charge in [0.15, 0.2) is 0 Å². The van der Waals surface area contributed by atoms with Crippen LogP contribution in [0.25, 0.3) is 0 Å². The zero-order valence-electron chi connectivity index (χ0n) is 10.7. The summed E-state index contributed by atoms with van der Waals surface area (Å²) in [5.74, 6) is 0.578. The van der Waals surface area contributed by atoms with E-state index in [1.54, 1.807) is 12.1 Å². The molecule has 0 radical (unpaired) electrons. The molecule has 1 aromatic rings. The first kappa shape index (κ1) is 13.4. The number of hydrogen-bond acceptors (Lipinski definition) is 2. The third kappa shape index (κ3) is 3.27. The van der Waals surface area contributed by atoms with Gasteiger partial charge in [-0.25, -0.2) is 4.39 Å². The summed E-state index contributed by atoms with van der Waals surface area (Å²) in [6.45, 7) is 1.69. The van der Waals surface area contributed by atoms with Gasteiger partial charge in [-0.15, -0.1) is 0 Å². The summed E-state index contributed by atoms with van der Waals surface area (Å²) in [5.41, 5.74) is 6.78. The molecule has 0 aromatic heterocycles. The molecule has 0 atom stereocenters. The molecule has 2 nitrogen and oxygen atoms in total. The van der Waals surface area contributed by atoms with Gasteiger partial charge in [-0.3, -0.25) is 0 Å². The summed E-state index contributed by atoms with van der Waals surface area (Å²) in [7, 11) is 2.04. The van der Waals surface area contributed by atoms with Crippen LogP contribution in [0.4, 0.5) is 4.39 Å². The minimum absolute atomic E-state index is 0.222. The lowest BCUT2D eigenvalue weighted by atomic mass is 9.85. The Balaban J connectivity index is 1.97. The molecule has 1 aliphatic rings. The molecule has 4 heteroatoms. The fraction of sp³-hybridized carbons (Fsp3) is 0.500. The molecular weight excluding hydrogens is 247 g/mol. The first-order chi connectivity index (χ1) is 8.56. The van der Waals surface area contributed by atoms with Gasteiger partial charge in [0.1, 0.15) is 10.8 Å². The van der Waals surface area contributed by atoms with Crippen molar-refractivity contribution in [2.75, 3.05) is 13.6 Å². The molecule has 0 unspecified atom stereocenters. The van der Waals surface area contributed by atoms with Crippen molar-refractivity contribution in [3.8, 4) is 0 Å². The van der Waals surface area contributed by atoms with Crippen molar-refractivity contribution in [2.45, 2.75) is 25.8 Å². The number of halogens is 1. The maximum absolute atomic E-state index is 13.9. The van der Waals surface area contributed by atoms with Crippen LogP contribution in [0.3, 0.4) is 0 Å². The van der Waals surface area contributed by atoms with Gasteiger partial charge in [0.05, 0.1) is 0 Å². The van der Waals surface area contributed by atoms with Crippen molar-refractivity contribution >= 4 is 17.2 Å². The molecule has 1 fully saturated rings. The second-order valence-electron chi connectivity index (χ2n) is 5.16. The van der Waals surface area contributed by atoms with Crippen LogP contribution in [0.1, 0.15) is 30.4 Å². The van der Waals surface area contributed by atoms with E-state index < -0.39 is 0 Å². The highest BCUT2D eigenvalue weighted by molar-refractivity contribution is 7.80. The summed E-state index contributed by atoms with van der Waals surface area (Å²) in [4.78, 5) is 2.42. The lowest BCUT2D eigenvalue weighted by molar-refractivity contribution is 0.199. The minimum atomic E-state index is -0.222. The Morgan fingerprint density at radius 3 is 2.72 bits per heavy atom. The number of nitrogens with two attached hydrogens (primary N) is 1. The van der Waals surface area contributed by atoms with Gasteiger partial charge in [-0.2, -0.15) is 0 Å². The van der Waals surface area contributed by atoms with Gasteiger partial charge < -0.3 is 10.6 Å². The van der Waals surface area contributed by atoms with E-state index in [1.165, 1.54) is 25.3 Å². The summed E-state index contributed by atoms with van der Waals surface area (Å²) < 4.78 is 13.9. The van der Waals surface area contributed by atoms with Crippen molar-refractivity contribution in [1.29, 1.82) is 0 Å². The maximum atomic E-state index is 13.9. The lowest BCUT2D eigenvalue weighted by Crippen LogP contribution is -2.29. The van der Waals surface area contributed by atoms with Gasteiger partial charge in [0.2, 0.25) is 0 Å². The van der Waals surface area contributed by atoms with Crippen molar-refractivity contribution in [3.05, 3.63) is 35.1 Å². The summed E-state index contributed by atoms with van der Waals surface area (Å²) in [5, 5.41) is 0. The Hall–Kier alpha value is -1.00. The molecule has 1 aliphatic carbocycles. The second kappa shape index (κ2) is 5.76. The first-order valence-corrected chi connectivity index (χ1v) is 6.74. The fourth-order valence-corrected chi connectivity index (χ4v) is 2.43. The van der Waals surface area contributed by atoms with E-state index in [-0.39, 0.29) is 10.8 Å². The number of thiocarbonyl (C=S) groups is 1. The van der Waals surface area contributed by atoms with Crippen LogP contribution in [-0.2, 0) is 6.54 Å². The molecule has 1 saturated carbocycles. The smallest absolute Gasteiger partial charge is 0.128 e. The van der Waals surface area contributed by atoms with Crippen LogP contribution in [0.15, 0.2) is 18.2 Å². The predicted octanol–water partition coefficient (Wildman–Crippen LogP) is 2.69. The van der Waals surface area contributed by atoms with Crippen molar-refractivity contribution in [1.82, 2.24) is 4.90 Å². The Bertz CT molecular complexity index is 443. The van der Waals surface area contributed by atoms with E-state index in [9.17, 15) is 4.39 Å². The Morgan fingerprint density at radius 2 is 2.22 bits per heavy atom. The van der Waals surface area contributed by atoms with Gasteiger partial charge in [-0.05, 0) is 31.9 Å². The van der Waals surface area contributed by atoms with Gasteiger partial charge in [-0.1, -0.05) is 30.8 Å². The van der Waals surface area contributed by atoms with E-state index in [1.807, 2.05) is 7.05 Å². The van der Waals surface area contributed by atoms with Gasteiger partial charge in [0.25, 0.3) is 0 Å². The fourth-order valence-electron chi connectivity index (χ4n) is 2.30. The number of nitrogens with zero attached hydrogens (tertiary/aromatic N) is 1. The number of benzene rings is 1.